The molecule has 312 valence electrons. The number of unbranched alkanes of at least 4 members (excludes halogenated alkanes) is 13. The summed E-state index contributed by atoms with van der Waals surface area (Å²) in [5, 5.41) is 0. The molecule has 0 aromatic heterocycles. The summed E-state index contributed by atoms with van der Waals surface area (Å²) in [7, 11) is 1.45. The first-order chi connectivity index (χ1) is 26.0. The van der Waals surface area contributed by atoms with Crippen molar-refractivity contribution in [1.29, 1.82) is 0 Å². The summed E-state index contributed by atoms with van der Waals surface area (Å²) in [5.74, 6) is -0.841. The first-order valence-electron chi connectivity index (χ1n) is 21.0. The fourth-order valence-electron chi connectivity index (χ4n) is 5.27. The zero-order valence-electron chi connectivity index (χ0n) is 34.9. The van der Waals surface area contributed by atoms with Crippen molar-refractivity contribution >= 4 is 19.8 Å². The third-order valence-corrected chi connectivity index (χ3v) is 9.55. The van der Waals surface area contributed by atoms with Crippen LogP contribution in [0.2, 0.25) is 0 Å². The van der Waals surface area contributed by atoms with Gasteiger partial charge in [0.1, 0.15) is 19.8 Å². The van der Waals surface area contributed by atoms with E-state index in [0.717, 1.165) is 70.6 Å². The molecule has 0 amide bonds. The van der Waals surface area contributed by atoms with Gasteiger partial charge in [-0.3, -0.25) is 18.6 Å². The Morgan fingerprint density at radius 3 is 1.57 bits per heavy atom. The predicted octanol–water partition coefficient (Wildman–Crippen LogP) is 11.7. The number of rotatable bonds is 37. The molecule has 0 fully saturated rings. The van der Waals surface area contributed by atoms with E-state index in [0.29, 0.717) is 17.4 Å². The smallest absolute Gasteiger partial charge is 0.462 e. The van der Waals surface area contributed by atoms with Crippen LogP contribution in [0.1, 0.15) is 155 Å². The molecule has 0 bridgehead atoms. The molecule has 0 spiro atoms. The monoisotopic (exact) mass is 781 g/mol. The van der Waals surface area contributed by atoms with Crippen molar-refractivity contribution < 1.29 is 42.1 Å². The second-order valence-corrected chi connectivity index (χ2v) is 16.5. The van der Waals surface area contributed by atoms with Crippen LogP contribution in [0.3, 0.4) is 0 Å². The van der Waals surface area contributed by atoms with E-state index in [9.17, 15) is 19.0 Å². The first kappa shape index (κ1) is 51.7. The zero-order valence-corrected chi connectivity index (χ0v) is 35.8. The van der Waals surface area contributed by atoms with E-state index in [1.807, 2.05) is 21.1 Å². The minimum atomic E-state index is -4.38. The van der Waals surface area contributed by atoms with Gasteiger partial charge in [-0.25, -0.2) is 4.57 Å². The van der Waals surface area contributed by atoms with E-state index >= 15 is 0 Å². The molecule has 1 N–H and O–H groups in total. The molecule has 0 aliphatic carbocycles. The number of phosphoric ester groups is 1. The van der Waals surface area contributed by atoms with Crippen LogP contribution in [0.25, 0.3) is 0 Å². The lowest BCUT2D eigenvalue weighted by Crippen LogP contribution is -2.37. The highest BCUT2D eigenvalue weighted by atomic mass is 31.2. The van der Waals surface area contributed by atoms with Crippen LogP contribution in [-0.2, 0) is 32.7 Å². The minimum absolute atomic E-state index is 0.0231. The lowest BCUT2D eigenvalue weighted by atomic mass is 10.1. The molecular weight excluding hydrogens is 701 g/mol. The maximum absolute atomic E-state index is 12.7. The SMILES string of the molecule is CC/C=C/C/C=C/C/C=C/C/C=C/C/C=C/CCCCCC(=O)O[C@H](COC(=O)CCCCCCCCCCCCC)COP(=O)(O)OCC[N+](C)(C)C. The molecule has 0 aliphatic rings. The Balaban J connectivity index is 4.45. The summed E-state index contributed by atoms with van der Waals surface area (Å²) < 4.78 is 34.2. The van der Waals surface area contributed by atoms with Crippen LogP contribution in [0.15, 0.2) is 60.8 Å². The second-order valence-electron chi connectivity index (χ2n) is 15.0. The molecule has 0 heterocycles. The van der Waals surface area contributed by atoms with Crippen molar-refractivity contribution in [3.63, 3.8) is 0 Å². The van der Waals surface area contributed by atoms with E-state index in [2.05, 4.69) is 74.6 Å². The zero-order chi connectivity index (χ0) is 40.0. The van der Waals surface area contributed by atoms with Crippen molar-refractivity contribution in [3.05, 3.63) is 60.8 Å². The van der Waals surface area contributed by atoms with Gasteiger partial charge >= 0.3 is 19.8 Å². The molecule has 1 unspecified atom stereocenters. The number of esters is 2. The fraction of sp³-hybridized carbons (Fsp3) is 0.727. The summed E-state index contributed by atoms with van der Waals surface area (Å²) in [5.41, 5.74) is 0. The topological polar surface area (TPSA) is 108 Å². The molecule has 0 saturated heterocycles. The van der Waals surface area contributed by atoms with Crippen molar-refractivity contribution in [1.82, 2.24) is 0 Å². The minimum Gasteiger partial charge on any atom is -0.462 e. The molecule has 9 nitrogen and oxygen atoms in total. The van der Waals surface area contributed by atoms with Crippen molar-refractivity contribution in [2.24, 2.45) is 0 Å². The van der Waals surface area contributed by atoms with Crippen LogP contribution >= 0.6 is 7.82 Å². The molecule has 0 rings (SSSR count). The number of hydrogen-bond donors (Lipinski definition) is 1. The highest BCUT2D eigenvalue weighted by molar-refractivity contribution is 7.47. The Kier molecular flexibility index (Phi) is 34.8. The Morgan fingerprint density at radius 2 is 1.06 bits per heavy atom. The van der Waals surface area contributed by atoms with Gasteiger partial charge in [0.15, 0.2) is 6.10 Å². The average molecular weight is 781 g/mol. The number of likely N-dealkylation sites (N-methyl/N-ethyl adjacent to an activating group) is 1. The number of allylic oxidation sites excluding steroid dienone is 10. The fourth-order valence-corrected chi connectivity index (χ4v) is 6.02. The predicted molar refractivity (Wildman–Crippen MR) is 224 cm³/mol. The van der Waals surface area contributed by atoms with E-state index in [4.69, 9.17) is 18.5 Å². The van der Waals surface area contributed by atoms with Crippen LogP contribution in [0, 0.1) is 0 Å². The summed E-state index contributed by atoms with van der Waals surface area (Å²) >= 11 is 0. The Hall–Kier alpha value is -2.29. The van der Waals surface area contributed by atoms with Gasteiger partial charge in [-0.15, -0.1) is 0 Å². The van der Waals surface area contributed by atoms with Gasteiger partial charge < -0.3 is 18.9 Å². The van der Waals surface area contributed by atoms with Gasteiger partial charge in [-0.05, 0) is 57.8 Å². The van der Waals surface area contributed by atoms with Crippen molar-refractivity contribution in [3.8, 4) is 0 Å². The van der Waals surface area contributed by atoms with Gasteiger partial charge in [-0.1, -0.05) is 145 Å². The Morgan fingerprint density at radius 1 is 0.593 bits per heavy atom. The van der Waals surface area contributed by atoms with Crippen molar-refractivity contribution in [2.45, 2.75) is 161 Å². The van der Waals surface area contributed by atoms with Gasteiger partial charge in [0.2, 0.25) is 0 Å². The third kappa shape index (κ3) is 39.4. The second kappa shape index (κ2) is 36.4. The van der Waals surface area contributed by atoms with E-state index in [1.165, 1.54) is 51.4 Å². The molecule has 0 saturated carbocycles. The molecule has 0 aliphatic heterocycles. The van der Waals surface area contributed by atoms with Crippen LogP contribution in [0.5, 0.6) is 0 Å². The van der Waals surface area contributed by atoms with E-state index < -0.39 is 26.5 Å². The molecule has 2 atom stereocenters. The highest BCUT2D eigenvalue weighted by Crippen LogP contribution is 2.43. The normalized spacial score (nSPS) is 14.3. The number of carbonyl (C=O) groups is 2. The lowest BCUT2D eigenvalue weighted by Gasteiger charge is -2.24. The van der Waals surface area contributed by atoms with Crippen LogP contribution in [0.4, 0.5) is 0 Å². The standard InChI is InChI=1S/C44H78NO8P/c1-6-8-10-12-14-16-18-19-20-21-22-23-24-25-27-29-31-33-35-37-44(47)53-42(41-52-54(48,49)51-39-38-45(3,4)5)40-50-43(46)36-34-32-30-28-26-17-15-13-11-9-7-2/h8,10,14,16,19-20,22-23,25,27,42H,6-7,9,11-13,15,17-18,21,24,26,28-41H2,1-5H3/p+1/b10-8+,16-14+,20-19+,23-22+,27-25+/t42-/m1/s1. The number of hydrogen-bond acceptors (Lipinski definition) is 7. The number of phosphoric acid groups is 1. The third-order valence-electron chi connectivity index (χ3n) is 8.56. The van der Waals surface area contributed by atoms with Gasteiger partial charge in [0, 0.05) is 12.8 Å². The van der Waals surface area contributed by atoms with Gasteiger partial charge in [-0.2, -0.15) is 0 Å². The highest BCUT2D eigenvalue weighted by Gasteiger charge is 2.27. The maximum atomic E-state index is 12.7. The van der Waals surface area contributed by atoms with Crippen LogP contribution in [-0.4, -0.2) is 74.9 Å². The summed E-state index contributed by atoms with van der Waals surface area (Å²) in [6, 6.07) is 0. The lowest BCUT2D eigenvalue weighted by molar-refractivity contribution is -0.870. The summed E-state index contributed by atoms with van der Waals surface area (Å²) in [4.78, 5) is 35.3. The number of nitrogens with zero attached hydrogens (tertiary/aromatic N) is 1. The molecule has 0 radical (unpaired) electrons. The first-order valence-corrected chi connectivity index (χ1v) is 22.5. The van der Waals surface area contributed by atoms with Crippen LogP contribution < -0.4 is 0 Å². The summed E-state index contributed by atoms with van der Waals surface area (Å²) in [6.07, 6.45) is 42.7. The molecular formula is C44H79NO8P+. The maximum Gasteiger partial charge on any atom is 0.472 e. The summed E-state index contributed by atoms with van der Waals surface area (Å²) in [6.45, 7) is 4.24. The Labute approximate surface area is 330 Å². The molecule has 10 heteroatoms. The largest absolute Gasteiger partial charge is 0.472 e. The Bertz CT molecular complexity index is 1110. The average Bonchev–Trinajstić information content (AvgIpc) is 3.12. The van der Waals surface area contributed by atoms with E-state index in [-0.39, 0.29) is 32.0 Å². The molecule has 0 aromatic carbocycles. The number of carbonyl (C=O) groups excluding carboxylic acids is 2. The van der Waals surface area contributed by atoms with Gasteiger partial charge in [0.05, 0.1) is 27.7 Å². The van der Waals surface area contributed by atoms with Crippen molar-refractivity contribution in [2.75, 3.05) is 47.5 Å². The molecule has 54 heavy (non-hydrogen) atoms. The number of ether oxygens (including phenoxy) is 2. The number of quaternary nitrogens is 1. The quantitative estimate of drug-likeness (QED) is 0.0218. The molecule has 0 aromatic rings. The van der Waals surface area contributed by atoms with E-state index in [1.54, 1.807) is 0 Å². The van der Waals surface area contributed by atoms with Gasteiger partial charge in [0.25, 0.3) is 0 Å².